The summed E-state index contributed by atoms with van der Waals surface area (Å²) >= 11 is 0. The van der Waals surface area contributed by atoms with E-state index in [2.05, 4.69) is 18.7 Å². The lowest BCUT2D eigenvalue weighted by Crippen LogP contribution is -2.31. The van der Waals surface area contributed by atoms with Crippen LogP contribution in [0.4, 0.5) is 13.2 Å². The van der Waals surface area contributed by atoms with Gasteiger partial charge in [-0.2, -0.15) is 13.2 Å². The van der Waals surface area contributed by atoms with Crippen LogP contribution in [0.15, 0.2) is 76.0 Å². The Bertz CT molecular complexity index is 1790. The molecule has 0 saturated heterocycles. The normalized spacial score (nSPS) is 12.3. The van der Waals surface area contributed by atoms with Crippen molar-refractivity contribution >= 4 is 23.0 Å². The number of rotatable bonds is 14. The third-order valence-electron chi connectivity index (χ3n) is 7.87. The van der Waals surface area contributed by atoms with E-state index in [4.69, 9.17) is 13.9 Å². The SMILES string of the molecule is CCCc1ccc(Oc2c(C(F)(F)F)oc3c(CN(CC(C)C)CC(C)C)c(OC(=O)C=Cc4ccc(C(C)C)cc4)ccc3c2=O)cc1. The van der Waals surface area contributed by atoms with E-state index in [0.29, 0.717) is 19.0 Å². The summed E-state index contributed by atoms with van der Waals surface area (Å²) in [5.41, 5.74) is 1.82. The Morgan fingerprint density at radius 2 is 1.53 bits per heavy atom. The lowest BCUT2D eigenvalue weighted by atomic mass is 10.0. The van der Waals surface area contributed by atoms with Crippen LogP contribution >= 0.6 is 0 Å². The van der Waals surface area contributed by atoms with Gasteiger partial charge >= 0.3 is 12.1 Å². The molecule has 0 N–H and O–H groups in total. The topological polar surface area (TPSA) is 69.0 Å². The molecular formula is C40H46F3NO5. The summed E-state index contributed by atoms with van der Waals surface area (Å²) in [6.45, 7) is 15.7. The molecule has 0 aliphatic rings. The van der Waals surface area contributed by atoms with Gasteiger partial charge in [0.1, 0.15) is 17.1 Å². The van der Waals surface area contributed by atoms with E-state index < -0.39 is 29.1 Å². The average Bonchev–Trinajstić information content (AvgIpc) is 3.02. The maximum Gasteiger partial charge on any atom is 0.453 e. The maximum absolute atomic E-state index is 14.6. The molecule has 3 aromatic carbocycles. The largest absolute Gasteiger partial charge is 0.453 e. The summed E-state index contributed by atoms with van der Waals surface area (Å²) < 4.78 is 60.7. The van der Waals surface area contributed by atoms with Gasteiger partial charge in [0.15, 0.2) is 0 Å². The zero-order valence-electron chi connectivity index (χ0n) is 29.3. The molecule has 0 atom stereocenters. The molecule has 4 rings (SSSR count). The highest BCUT2D eigenvalue weighted by atomic mass is 19.4. The summed E-state index contributed by atoms with van der Waals surface area (Å²) in [6, 6.07) is 17.1. The average molecular weight is 678 g/mol. The fourth-order valence-electron chi connectivity index (χ4n) is 5.69. The van der Waals surface area contributed by atoms with Gasteiger partial charge in [-0.3, -0.25) is 9.69 Å². The molecule has 0 radical (unpaired) electrons. The first kappa shape index (κ1) is 37.4. The highest BCUT2D eigenvalue weighted by Crippen LogP contribution is 2.40. The van der Waals surface area contributed by atoms with E-state index in [9.17, 15) is 22.8 Å². The number of halogens is 3. The van der Waals surface area contributed by atoms with Crippen LogP contribution in [0.1, 0.15) is 88.8 Å². The molecule has 9 heteroatoms. The Balaban J connectivity index is 1.82. The molecular weight excluding hydrogens is 631 g/mol. The molecule has 0 spiro atoms. The second kappa shape index (κ2) is 16.4. The van der Waals surface area contributed by atoms with Crippen molar-refractivity contribution in [1.29, 1.82) is 0 Å². The molecule has 1 aromatic heterocycles. The van der Waals surface area contributed by atoms with Crippen molar-refractivity contribution in [3.05, 3.63) is 105 Å². The van der Waals surface area contributed by atoms with Gasteiger partial charge in [-0.05, 0) is 71.2 Å². The van der Waals surface area contributed by atoms with Gasteiger partial charge in [0.05, 0.1) is 10.9 Å². The van der Waals surface area contributed by atoms with E-state index in [1.807, 2.05) is 58.9 Å². The molecule has 4 aromatic rings. The lowest BCUT2D eigenvalue weighted by Gasteiger charge is -2.27. The van der Waals surface area contributed by atoms with Crippen LogP contribution in [-0.2, 0) is 23.9 Å². The van der Waals surface area contributed by atoms with Crippen molar-refractivity contribution in [3.8, 4) is 17.2 Å². The first-order valence-electron chi connectivity index (χ1n) is 16.8. The van der Waals surface area contributed by atoms with Crippen LogP contribution in [0, 0.1) is 11.8 Å². The standard InChI is InChI=1S/C40H46F3NO5/c1-8-9-28-12-17-31(18-13-28)47-38-36(46)32-19-20-34(48-35(45)21-14-29-10-15-30(16-11-29)27(6)7)33(37(32)49-39(38)40(41,42)43)24-44(22-25(2)3)23-26(4)5/h10-21,25-27H,8-9,22-24H2,1-7H3. The number of hydrogen-bond acceptors (Lipinski definition) is 6. The van der Waals surface area contributed by atoms with Gasteiger partial charge in [0, 0.05) is 25.7 Å². The third kappa shape index (κ3) is 10.1. The number of ether oxygens (including phenoxy) is 2. The predicted molar refractivity (Wildman–Crippen MR) is 188 cm³/mol. The lowest BCUT2D eigenvalue weighted by molar-refractivity contribution is -0.154. The molecule has 262 valence electrons. The van der Waals surface area contributed by atoms with Crippen molar-refractivity contribution in [3.63, 3.8) is 0 Å². The Hall–Kier alpha value is -4.37. The Labute approximate surface area is 286 Å². The minimum Gasteiger partial charge on any atom is -0.449 e. The summed E-state index contributed by atoms with van der Waals surface area (Å²) in [5, 5.41) is -0.116. The number of fused-ring (bicyclic) bond motifs is 1. The van der Waals surface area contributed by atoms with Crippen LogP contribution in [-0.4, -0.2) is 24.0 Å². The zero-order chi connectivity index (χ0) is 35.9. The summed E-state index contributed by atoms with van der Waals surface area (Å²) in [7, 11) is 0. The smallest absolute Gasteiger partial charge is 0.449 e. The second-order valence-corrected chi connectivity index (χ2v) is 13.6. The number of hydrogen-bond donors (Lipinski definition) is 0. The van der Waals surface area contributed by atoms with Gasteiger partial charge in [0.25, 0.3) is 5.76 Å². The highest BCUT2D eigenvalue weighted by Gasteiger charge is 2.41. The molecule has 1 heterocycles. The summed E-state index contributed by atoms with van der Waals surface area (Å²) in [6.07, 6.45) is -0.484. The number of alkyl halides is 3. The maximum atomic E-state index is 14.6. The van der Waals surface area contributed by atoms with Crippen LogP contribution in [0.2, 0.25) is 0 Å². The quantitative estimate of drug-likeness (QED) is 0.0752. The molecule has 0 aliphatic carbocycles. The van der Waals surface area contributed by atoms with Crippen molar-refractivity contribution in [2.75, 3.05) is 13.1 Å². The summed E-state index contributed by atoms with van der Waals surface area (Å²) in [5.74, 6) is -2.34. The fourth-order valence-corrected chi connectivity index (χ4v) is 5.69. The zero-order valence-corrected chi connectivity index (χ0v) is 29.3. The van der Waals surface area contributed by atoms with Crippen molar-refractivity contribution in [1.82, 2.24) is 4.90 Å². The molecule has 0 unspecified atom stereocenters. The number of esters is 1. The van der Waals surface area contributed by atoms with Gasteiger partial charge < -0.3 is 13.9 Å². The highest BCUT2D eigenvalue weighted by molar-refractivity contribution is 5.90. The molecule has 0 amide bonds. The van der Waals surface area contributed by atoms with E-state index in [1.54, 1.807) is 18.2 Å². The van der Waals surface area contributed by atoms with E-state index in [-0.39, 0.29) is 46.4 Å². The van der Waals surface area contributed by atoms with Gasteiger partial charge in [0.2, 0.25) is 11.2 Å². The second-order valence-electron chi connectivity index (χ2n) is 13.6. The number of carbonyl (C=O) groups excluding carboxylic acids is 1. The molecule has 0 fully saturated rings. The molecule has 0 bridgehead atoms. The Morgan fingerprint density at radius 1 is 0.898 bits per heavy atom. The first-order chi connectivity index (χ1) is 23.2. The minimum absolute atomic E-state index is 0.00581. The summed E-state index contributed by atoms with van der Waals surface area (Å²) in [4.78, 5) is 29.0. The van der Waals surface area contributed by atoms with Crippen LogP contribution in [0.25, 0.3) is 17.0 Å². The minimum atomic E-state index is -5.06. The third-order valence-corrected chi connectivity index (χ3v) is 7.87. The number of benzene rings is 3. The van der Waals surface area contributed by atoms with Gasteiger partial charge in [-0.25, -0.2) is 4.79 Å². The van der Waals surface area contributed by atoms with Crippen LogP contribution in [0.5, 0.6) is 17.2 Å². The van der Waals surface area contributed by atoms with Gasteiger partial charge in [-0.1, -0.05) is 91.3 Å². The van der Waals surface area contributed by atoms with Crippen LogP contribution in [0.3, 0.4) is 0 Å². The monoisotopic (exact) mass is 677 g/mol. The Kier molecular flexibility index (Phi) is 12.5. The van der Waals surface area contributed by atoms with Crippen LogP contribution < -0.4 is 14.9 Å². The van der Waals surface area contributed by atoms with Crippen molar-refractivity contribution < 1.29 is 31.9 Å². The Morgan fingerprint density at radius 3 is 2.08 bits per heavy atom. The van der Waals surface area contributed by atoms with E-state index >= 15 is 0 Å². The number of aryl methyl sites for hydroxylation is 1. The first-order valence-corrected chi connectivity index (χ1v) is 16.8. The molecule has 6 nitrogen and oxygen atoms in total. The number of carbonyl (C=O) groups is 1. The van der Waals surface area contributed by atoms with Crippen molar-refractivity contribution in [2.45, 2.75) is 79.9 Å². The predicted octanol–water partition coefficient (Wildman–Crippen LogP) is 10.4. The molecule has 49 heavy (non-hydrogen) atoms. The van der Waals surface area contributed by atoms with E-state index in [0.717, 1.165) is 29.5 Å². The molecule has 0 aliphatic heterocycles. The van der Waals surface area contributed by atoms with Crippen molar-refractivity contribution in [2.24, 2.45) is 11.8 Å². The number of nitrogens with zero attached hydrogens (tertiary/aromatic N) is 1. The van der Waals surface area contributed by atoms with Gasteiger partial charge in [-0.15, -0.1) is 0 Å². The fraction of sp³-hybridized carbons (Fsp3) is 0.400. The van der Waals surface area contributed by atoms with E-state index in [1.165, 1.54) is 30.3 Å². The molecule has 0 saturated carbocycles.